The predicted molar refractivity (Wildman–Crippen MR) is 22.0 cm³/mol. The van der Waals surface area contributed by atoms with Crippen molar-refractivity contribution in [1.29, 1.82) is 0 Å². The van der Waals surface area contributed by atoms with E-state index in [0.717, 1.165) is 0 Å². The Hall–Kier alpha value is 1.02. The Morgan fingerprint density at radius 3 is 1.25 bits per heavy atom. The number of hydrogen-bond donors (Lipinski definition) is 2. The molecule has 0 aromatic heterocycles. The fourth-order valence-electron chi connectivity index (χ4n) is 0.258. The van der Waals surface area contributed by atoms with E-state index in [2.05, 4.69) is 0 Å². The number of aliphatic hydroxyl groups is 2. The number of aliphatic carboxylic acids is 2. The largest absolute Gasteiger partial charge is 3.00 e. The Labute approximate surface area is 121 Å². The Bertz CT molecular complexity index is 144. The molecule has 0 aliphatic heterocycles. The van der Waals surface area contributed by atoms with E-state index in [-0.39, 0.29) is 68.5 Å². The van der Waals surface area contributed by atoms with Gasteiger partial charge in [-0.2, -0.15) is 0 Å². The van der Waals surface area contributed by atoms with Gasteiger partial charge in [0, 0.05) is 0 Å². The zero-order valence-corrected chi connectivity index (χ0v) is 10.3. The minimum atomic E-state index is -2.44. The number of carbonyl (C=O) groups is 2. The van der Waals surface area contributed by atoms with E-state index < -0.39 is 24.1 Å². The molecule has 0 saturated heterocycles. The number of aliphatic hydroxyl groups excluding tert-OH is 2. The van der Waals surface area contributed by atoms with Crippen LogP contribution in [-0.2, 0) is 26.7 Å². The summed E-state index contributed by atoms with van der Waals surface area (Å²) < 4.78 is 0. The van der Waals surface area contributed by atoms with Crippen LogP contribution in [0.1, 0.15) is 0 Å². The van der Waals surface area contributed by atoms with Gasteiger partial charge in [-0.3, -0.25) is 0 Å². The van der Waals surface area contributed by atoms with Gasteiger partial charge in [0.15, 0.2) is 0 Å². The molecule has 0 rings (SSSR count). The molecule has 0 amide bonds. The number of carboxylic acids is 2. The summed E-state index contributed by atoms with van der Waals surface area (Å²) in [5.41, 5.74) is 0. The molecule has 0 aromatic carbocycles. The molecule has 6 nitrogen and oxygen atoms in total. The zero-order chi connectivity index (χ0) is 8.31. The molecule has 2 N–H and O–H groups in total. The summed E-state index contributed by atoms with van der Waals surface area (Å²) in [7, 11) is 0. The van der Waals surface area contributed by atoms with Crippen molar-refractivity contribution in [2.24, 2.45) is 0 Å². The van der Waals surface area contributed by atoms with Crippen molar-refractivity contribution in [3.8, 4) is 0 Å². The van der Waals surface area contributed by atoms with Crippen LogP contribution < -0.4 is 61.6 Å². The molecule has 0 aromatic rings. The van der Waals surface area contributed by atoms with Gasteiger partial charge in [-0.1, -0.05) is 0 Å². The van der Waals surface area contributed by atoms with Crippen molar-refractivity contribution >= 4 is 11.9 Å². The monoisotopic (exact) mass is 243 g/mol. The molecule has 0 aliphatic carbocycles. The second-order valence-corrected chi connectivity index (χ2v) is 1.53. The minimum absolute atomic E-state index is 0. The minimum Gasteiger partial charge on any atom is -0.547 e. The van der Waals surface area contributed by atoms with E-state index >= 15 is 0 Å². The number of carboxylic acid groups (broad SMARTS) is 2. The van der Waals surface area contributed by atoms with Crippen molar-refractivity contribution in [2.45, 2.75) is 12.2 Å². The standard InChI is InChI=1S/C4H6O6.Fe.K/c5-1(3(7)8)2(6)4(9)10;;/h1-2,5-6H,(H,7,8)(H,9,10);;/q;+3;+1/p-2. The summed E-state index contributed by atoms with van der Waals surface area (Å²) in [4.78, 5) is 19.3. The van der Waals surface area contributed by atoms with Crippen LogP contribution in [0.15, 0.2) is 0 Å². The van der Waals surface area contributed by atoms with E-state index in [4.69, 9.17) is 10.2 Å². The average molecular weight is 243 g/mol. The molecule has 63 valence electrons. The smallest absolute Gasteiger partial charge is 0.547 e. The third-order valence-corrected chi connectivity index (χ3v) is 0.782. The molecule has 0 saturated carbocycles. The molecular formula is C4H4FeKO6+2. The van der Waals surface area contributed by atoms with Crippen LogP contribution in [-0.4, -0.2) is 34.4 Å². The van der Waals surface area contributed by atoms with Crippen molar-refractivity contribution in [1.82, 2.24) is 0 Å². The molecule has 2 atom stereocenters. The summed E-state index contributed by atoms with van der Waals surface area (Å²) in [6.07, 6.45) is -4.88. The van der Waals surface area contributed by atoms with Crippen LogP contribution >= 0.6 is 0 Å². The molecule has 0 heterocycles. The SMILES string of the molecule is O=C([O-])C(O)C(O)C(=O)[O-].[Fe+3].[K+]. The van der Waals surface area contributed by atoms with Gasteiger partial charge in [-0.25, -0.2) is 0 Å². The van der Waals surface area contributed by atoms with Crippen molar-refractivity contribution in [3.05, 3.63) is 0 Å². The third kappa shape index (κ3) is 6.52. The Morgan fingerprint density at radius 1 is 1.00 bits per heavy atom. The zero-order valence-electron chi connectivity index (χ0n) is 6.04. The summed E-state index contributed by atoms with van der Waals surface area (Å²) in [6, 6.07) is 0. The fraction of sp³-hybridized carbons (Fsp3) is 0.500. The van der Waals surface area contributed by atoms with Gasteiger partial charge >= 0.3 is 68.5 Å². The molecule has 8 heteroatoms. The van der Waals surface area contributed by atoms with Gasteiger partial charge in [-0.15, -0.1) is 0 Å². The summed E-state index contributed by atoms with van der Waals surface area (Å²) in [5.74, 6) is -4.12. The summed E-state index contributed by atoms with van der Waals surface area (Å²) in [5, 5.41) is 35.7. The average Bonchev–Trinajstić information content (AvgIpc) is 1.84. The predicted octanol–water partition coefficient (Wildman–Crippen LogP) is -7.79. The van der Waals surface area contributed by atoms with Crippen LogP contribution in [0.2, 0.25) is 0 Å². The summed E-state index contributed by atoms with van der Waals surface area (Å²) >= 11 is 0. The van der Waals surface area contributed by atoms with Gasteiger partial charge in [-0.05, 0) is 0 Å². The summed E-state index contributed by atoms with van der Waals surface area (Å²) in [6.45, 7) is 0. The third-order valence-electron chi connectivity index (χ3n) is 0.782. The van der Waals surface area contributed by atoms with Crippen LogP contribution in [0, 0.1) is 0 Å². The maximum atomic E-state index is 9.63. The van der Waals surface area contributed by atoms with Crippen LogP contribution in [0.3, 0.4) is 0 Å². The molecule has 0 aliphatic rings. The molecule has 0 fully saturated rings. The molecule has 12 heavy (non-hydrogen) atoms. The van der Waals surface area contributed by atoms with Gasteiger partial charge < -0.3 is 30.0 Å². The van der Waals surface area contributed by atoms with E-state index in [1.807, 2.05) is 0 Å². The maximum absolute atomic E-state index is 9.63. The van der Waals surface area contributed by atoms with E-state index in [0.29, 0.717) is 0 Å². The Kier molecular flexibility index (Phi) is 13.4. The van der Waals surface area contributed by atoms with E-state index in [9.17, 15) is 19.8 Å². The van der Waals surface area contributed by atoms with Crippen LogP contribution in [0.25, 0.3) is 0 Å². The van der Waals surface area contributed by atoms with E-state index in [1.165, 1.54) is 0 Å². The maximum Gasteiger partial charge on any atom is 3.00 e. The van der Waals surface area contributed by atoms with Crippen molar-refractivity contribution < 1.29 is 98.5 Å². The second-order valence-electron chi connectivity index (χ2n) is 1.53. The fourth-order valence-corrected chi connectivity index (χ4v) is 0.258. The van der Waals surface area contributed by atoms with Gasteiger partial charge in [0.25, 0.3) is 0 Å². The first-order chi connectivity index (χ1) is 4.46. The van der Waals surface area contributed by atoms with Gasteiger partial charge in [0.2, 0.25) is 0 Å². The van der Waals surface area contributed by atoms with Gasteiger partial charge in [0.1, 0.15) is 12.2 Å². The Balaban J connectivity index is -0.000000405. The van der Waals surface area contributed by atoms with Crippen molar-refractivity contribution in [3.63, 3.8) is 0 Å². The first kappa shape index (κ1) is 18.7. The van der Waals surface area contributed by atoms with Crippen molar-refractivity contribution in [2.75, 3.05) is 0 Å². The molecule has 1 radical (unpaired) electrons. The molecular weight excluding hydrogens is 239 g/mol. The Morgan fingerprint density at radius 2 is 1.17 bits per heavy atom. The molecule has 2 unspecified atom stereocenters. The quantitative estimate of drug-likeness (QED) is 0.475. The number of hydrogen-bond acceptors (Lipinski definition) is 6. The first-order valence-corrected chi connectivity index (χ1v) is 2.24. The second kappa shape index (κ2) is 8.61. The number of rotatable bonds is 3. The van der Waals surface area contributed by atoms with E-state index in [1.54, 1.807) is 0 Å². The number of carbonyl (C=O) groups excluding carboxylic acids is 2. The molecule has 0 bridgehead atoms. The first-order valence-electron chi connectivity index (χ1n) is 2.24. The van der Waals surface area contributed by atoms with Crippen LogP contribution in [0.4, 0.5) is 0 Å². The normalized spacial score (nSPS) is 13.2. The van der Waals surface area contributed by atoms with Gasteiger partial charge in [0.05, 0.1) is 11.9 Å². The topological polar surface area (TPSA) is 121 Å². The molecule has 0 spiro atoms. The van der Waals surface area contributed by atoms with Crippen LogP contribution in [0.5, 0.6) is 0 Å².